The Balaban J connectivity index is 1.53. The predicted molar refractivity (Wildman–Crippen MR) is 149 cm³/mol. The van der Waals surface area contributed by atoms with Crippen molar-refractivity contribution in [2.75, 3.05) is 17.7 Å². The van der Waals surface area contributed by atoms with Crippen LogP contribution in [0.3, 0.4) is 0 Å². The third-order valence-corrected chi connectivity index (χ3v) is 7.65. The number of nitrogens with two attached hydrogens (primary N) is 1. The zero-order valence-corrected chi connectivity index (χ0v) is 22.0. The number of rotatable bonds is 9. The van der Waals surface area contributed by atoms with Gasteiger partial charge in [-0.15, -0.1) is 11.8 Å². The summed E-state index contributed by atoms with van der Waals surface area (Å²) in [6.45, 7) is 0. The van der Waals surface area contributed by atoms with Crippen LogP contribution in [0.4, 0.5) is 11.4 Å². The predicted octanol–water partition coefficient (Wildman–Crippen LogP) is 5.07. The van der Waals surface area contributed by atoms with Gasteiger partial charge in [0.15, 0.2) is 0 Å². The average molecular weight is 548 g/mol. The molecule has 0 aromatic heterocycles. The van der Waals surface area contributed by atoms with E-state index in [1.807, 2.05) is 36.4 Å². The van der Waals surface area contributed by atoms with E-state index in [-0.39, 0.29) is 16.7 Å². The molecule has 8 nitrogen and oxygen atoms in total. The summed E-state index contributed by atoms with van der Waals surface area (Å²) in [5, 5.41) is 10.3. The summed E-state index contributed by atoms with van der Waals surface area (Å²) in [4.78, 5) is 26.8. The molecule has 0 aliphatic rings. The van der Waals surface area contributed by atoms with Crippen molar-refractivity contribution in [3.63, 3.8) is 0 Å². The smallest absolute Gasteiger partial charge is 0.255 e. The molecule has 0 heterocycles. The third kappa shape index (κ3) is 7.00. The first-order chi connectivity index (χ1) is 18.2. The Labute approximate surface area is 225 Å². The van der Waals surface area contributed by atoms with Crippen LogP contribution in [-0.2, 0) is 14.8 Å². The lowest BCUT2D eigenvalue weighted by Gasteiger charge is -2.18. The fourth-order valence-corrected chi connectivity index (χ4v) is 5.19. The average Bonchev–Trinajstić information content (AvgIpc) is 2.92. The van der Waals surface area contributed by atoms with Gasteiger partial charge < -0.3 is 15.4 Å². The van der Waals surface area contributed by atoms with Crippen molar-refractivity contribution in [2.45, 2.75) is 15.0 Å². The number of ether oxygens (including phenoxy) is 1. The van der Waals surface area contributed by atoms with E-state index in [4.69, 9.17) is 9.88 Å². The maximum Gasteiger partial charge on any atom is 0.255 e. The van der Waals surface area contributed by atoms with E-state index in [9.17, 15) is 18.0 Å². The molecule has 0 spiro atoms. The summed E-state index contributed by atoms with van der Waals surface area (Å²) < 4.78 is 28.2. The molecule has 1 atom stereocenters. The quantitative estimate of drug-likeness (QED) is 0.251. The highest BCUT2D eigenvalue weighted by Gasteiger charge is 2.23. The van der Waals surface area contributed by atoms with Gasteiger partial charge >= 0.3 is 0 Å². The number of primary sulfonamides is 1. The Morgan fingerprint density at radius 3 is 2.21 bits per heavy atom. The number of amides is 2. The first kappa shape index (κ1) is 26.9. The van der Waals surface area contributed by atoms with E-state index >= 15 is 0 Å². The van der Waals surface area contributed by atoms with Crippen LogP contribution < -0.4 is 20.5 Å². The summed E-state index contributed by atoms with van der Waals surface area (Å²) in [6.07, 6.45) is 0. The number of carbonyl (C=O) groups is 2. The first-order valence-corrected chi connectivity index (χ1v) is 13.9. The molecule has 1 unspecified atom stereocenters. The highest BCUT2D eigenvalue weighted by molar-refractivity contribution is 8.00. The molecule has 0 fully saturated rings. The number of hydrogen-bond donors (Lipinski definition) is 3. The fourth-order valence-electron chi connectivity index (χ4n) is 3.59. The van der Waals surface area contributed by atoms with Gasteiger partial charge in [0, 0.05) is 21.8 Å². The van der Waals surface area contributed by atoms with E-state index in [1.54, 1.807) is 42.5 Å². The number of benzene rings is 4. The number of anilines is 2. The molecule has 4 aromatic rings. The van der Waals surface area contributed by atoms with Crippen LogP contribution in [0.2, 0.25) is 0 Å². The molecule has 4 rings (SSSR count). The molecule has 0 aliphatic heterocycles. The van der Waals surface area contributed by atoms with Gasteiger partial charge in [0.25, 0.3) is 5.91 Å². The van der Waals surface area contributed by atoms with Crippen LogP contribution in [-0.4, -0.2) is 27.3 Å². The Bertz CT molecular complexity index is 1540. The van der Waals surface area contributed by atoms with E-state index < -0.39 is 15.3 Å². The Morgan fingerprint density at radius 2 is 1.53 bits per heavy atom. The normalized spacial score (nSPS) is 11.8. The van der Waals surface area contributed by atoms with Crippen LogP contribution in [0, 0.1) is 0 Å². The summed E-state index contributed by atoms with van der Waals surface area (Å²) in [5.41, 5.74) is 2.25. The summed E-state index contributed by atoms with van der Waals surface area (Å²) in [6, 6.07) is 29.0. The SMILES string of the molecule is COc1cccc(C(=O)Nc2cccc(SC(C(=O)Nc3ccc(S(N)(=O)=O)cc3)c3ccccc3)c2)c1. The van der Waals surface area contributed by atoms with Crippen LogP contribution in [0.25, 0.3) is 0 Å². The number of hydrogen-bond acceptors (Lipinski definition) is 6. The zero-order chi connectivity index (χ0) is 27.1. The molecule has 10 heteroatoms. The number of sulfonamides is 1. The van der Waals surface area contributed by atoms with Crippen LogP contribution in [0.1, 0.15) is 21.2 Å². The molecular weight excluding hydrogens is 522 g/mol. The standard InChI is InChI=1S/C28H25N3O5S2/c1-36-23-11-5-9-20(17-23)27(32)31-22-10-6-12-24(18-22)37-26(19-7-3-2-4-8-19)28(33)30-21-13-15-25(16-14-21)38(29,34)35/h2-18,26H,1H3,(H,30,33)(H,31,32)(H2,29,34,35). The van der Waals surface area contributed by atoms with Gasteiger partial charge in [0.2, 0.25) is 15.9 Å². The lowest BCUT2D eigenvalue weighted by Crippen LogP contribution is -2.19. The van der Waals surface area contributed by atoms with Crippen molar-refractivity contribution >= 4 is 45.0 Å². The molecule has 38 heavy (non-hydrogen) atoms. The Kier molecular flexibility index (Phi) is 8.47. The van der Waals surface area contributed by atoms with Gasteiger partial charge in [0.05, 0.1) is 12.0 Å². The molecule has 4 aromatic carbocycles. The fraction of sp³-hybridized carbons (Fsp3) is 0.0714. The van der Waals surface area contributed by atoms with Crippen molar-refractivity contribution in [1.82, 2.24) is 0 Å². The molecule has 0 bridgehead atoms. The van der Waals surface area contributed by atoms with Gasteiger partial charge in [-0.25, -0.2) is 13.6 Å². The monoisotopic (exact) mass is 547 g/mol. The highest BCUT2D eigenvalue weighted by Crippen LogP contribution is 2.37. The lowest BCUT2D eigenvalue weighted by molar-refractivity contribution is -0.115. The van der Waals surface area contributed by atoms with E-state index in [2.05, 4.69) is 10.6 Å². The maximum absolute atomic E-state index is 13.4. The molecule has 194 valence electrons. The molecule has 0 aliphatic carbocycles. The van der Waals surface area contributed by atoms with Gasteiger partial charge in [-0.05, 0) is 66.2 Å². The van der Waals surface area contributed by atoms with E-state index in [0.29, 0.717) is 22.7 Å². The maximum atomic E-state index is 13.4. The minimum Gasteiger partial charge on any atom is -0.497 e. The second kappa shape index (κ2) is 12.0. The van der Waals surface area contributed by atoms with Crippen molar-refractivity contribution < 1.29 is 22.7 Å². The molecule has 2 amide bonds. The van der Waals surface area contributed by atoms with Gasteiger partial charge in [-0.3, -0.25) is 9.59 Å². The number of carbonyl (C=O) groups excluding carboxylic acids is 2. The molecule has 4 N–H and O–H groups in total. The largest absolute Gasteiger partial charge is 0.497 e. The minimum absolute atomic E-state index is 0.0442. The van der Waals surface area contributed by atoms with Crippen LogP contribution in [0.5, 0.6) is 5.75 Å². The van der Waals surface area contributed by atoms with Crippen LogP contribution in [0.15, 0.2) is 113 Å². The van der Waals surface area contributed by atoms with Gasteiger partial charge in [-0.2, -0.15) is 0 Å². The third-order valence-electron chi connectivity index (χ3n) is 5.47. The van der Waals surface area contributed by atoms with Crippen molar-refractivity contribution in [2.24, 2.45) is 5.14 Å². The number of thioether (sulfide) groups is 1. The van der Waals surface area contributed by atoms with Crippen molar-refractivity contribution in [1.29, 1.82) is 0 Å². The van der Waals surface area contributed by atoms with Crippen LogP contribution >= 0.6 is 11.8 Å². The summed E-state index contributed by atoms with van der Waals surface area (Å²) in [7, 11) is -2.30. The molecular formula is C28H25N3O5S2. The second-order valence-electron chi connectivity index (χ2n) is 8.18. The Hall–Kier alpha value is -4.12. The minimum atomic E-state index is -3.84. The first-order valence-electron chi connectivity index (χ1n) is 11.4. The molecule has 0 saturated heterocycles. The topological polar surface area (TPSA) is 128 Å². The van der Waals surface area contributed by atoms with Gasteiger partial charge in [0.1, 0.15) is 11.0 Å². The number of methoxy groups -OCH3 is 1. The van der Waals surface area contributed by atoms with E-state index in [1.165, 1.54) is 43.1 Å². The molecule has 0 radical (unpaired) electrons. The Morgan fingerprint density at radius 1 is 0.816 bits per heavy atom. The zero-order valence-electron chi connectivity index (χ0n) is 20.3. The summed E-state index contributed by atoms with van der Waals surface area (Å²) >= 11 is 1.32. The summed E-state index contributed by atoms with van der Waals surface area (Å²) in [5.74, 6) is -0.000295. The highest BCUT2D eigenvalue weighted by atomic mass is 32.2. The lowest BCUT2D eigenvalue weighted by atomic mass is 10.1. The number of nitrogens with one attached hydrogen (secondary N) is 2. The van der Waals surface area contributed by atoms with Crippen molar-refractivity contribution in [3.8, 4) is 5.75 Å². The molecule has 0 saturated carbocycles. The van der Waals surface area contributed by atoms with E-state index in [0.717, 1.165) is 10.5 Å². The van der Waals surface area contributed by atoms with Crippen molar-refractivity contribution in [3.05, 3.63) is 114 Å². The van der Waals surface area contributed by atoms with Gasteiger partial charge in [-0.1, -0.05) is 42.5 Å². The second-order valence-corrected chi connectivity index (χ2v) is 10.9.